The highest BCUT2D eigenvalue weighted by Crippen LogP contribution is 2.34. The third kappa shape index (κ3) is 2.72. The maximum atomic E-state index is 13.0. The average Bonchev–Trinajstić information content (AvgIpc) is 2.46. The van der Waals surface area contributed by atoms with Crippen LogP contribution in [0.25, 0.3) is 0 Å². The van der Waals surface area contributed by atoms with Crippen molar-refractivity contribution in [3.05, 3.63) is 58.9 Å². The molecule has 0 aromatic heterocycles. The highest BCUT2D eigenvalue weighted by Gasteiger charge is 2.29. The molecule has 0 spiro atoms. The molecule has 0 bridgehead atoms. The Labute approximate surface area is 127 Å². The average molecular weight is 305 g/mol. The number of fused-ring (bicyclic) bond motifs is 1. The zero-order valence-electron chi connectivity index (χ0n) is 11.4. The van der Waals surface area contributed by atoms with Gasteiger partial charge in [0.25, 0.3) is 0 Å². The number of rotatable bonds is 2. The molecule has 0 saturated heterocycles. The van der Waals surface area contributed by atoms with Crippen LogP contribution in [0.4, 0.5) is 15.8 Å². The summed E-state index contributed by atoms with van der Waals surface area (Å²) in [6.45, 7) is 2.21. The van der Waals surface area contributed by atoms with Gasteiger partial charge in [-0.15, -0.1) is 0 Å². The van der Waals surface area contributed by atoms with Crippen LogP contribution in [0.15, 0.2) is 42.5 Å². The van der Waals surface area contributed by atoms with Crippen molar-refractivity contribution < 1.29 is 9.18 Å². The summed E-state index contributed by atoms with van der Waals surface area (Å²) in [6.07, 6.45) is 0. The van der Waals surface area contributed by atoms with Crippen LogP contribution < -0.4 is 10.2 Å². The molecule has 1 heterocycles. The van der Waals surface area contributed by atoms with Crippen molar-refractivity contribution in [3.63, 3.8) is 0 Å². The van der Waals surface area contributed by atoms with E-state index in [2.05, 4.69) is 5.32 Å². The number of hydrogen-bond donors (Lipinski definition) is 1. The van der Waals surface area contributed by atoms with Gasteiger partial charge in [0.05, 0.1) is 17.9 Å². The van der Waals surface area contributed by atoms with Crippen molar-refractivity contribution in [2.45, 2.75) is 19.5 Å². The van der Waals surface area contributed by atoms with Crippen LogP contribution in [0.2, 0.25) is 5.02 Å². The first-order valence-corrected chi connectivity index (χ1v) is 7.04. The fourth-order valence-electron chi connectivity index (χ4n) is 2.44. The molecule has 1 aliphatic rings. The second-order valence-corrected chi connectivity index (χ2v) is 5.51. The zero-order chi connectivity index (χ0) is 15.0. The Balaban J connectivity index is 1.96. The quantitative estimate of drug-likeness (QED) is 0.914. The monoisotopic (exact) mass is 304 g/mol. The highest BCUT2D eigenvalue weighted by molar-refractivity contribution is 6.31. The number of carbonyl (C=O) groups is 1. The molecule has 108 valence electrons. The second-order valence-electron chi connectivity index (χ2n) is 5.08. The summed E-state index contributed by atoms with van der Waals surface area (Å²) < 4.78 is 13.0. The van der Waals surface area contributed by atoms with Gasteiger partial charge in [-0.05, 0) is 42.8 Å². The molecule has 1 amide bonds. The summed E-state index contributed by atoms with van der Waals surface area (Å²) in [5, 5.41) is 3.75. The standard InChI is InChI=1S/C16H14ClFN2O/c1-10-16(21)20(9-11-2-5-13(18)6-3-11)15-7-4-12(17)8-14(15)19-10/h2-8,10,19H,9H2,1H3. The molecule has 1 atom stereocenters. The van der Waals surface area contributed by atoms with E-state index in [1.54, 1.807) is 29.2 Å². The number of nitrogens with zero attached hydrogens (tertiary/aromatic N) is 1. The molecule has 0 aliphatic carbocycles. The molecule has 2 aromatic carbocycles. The molecule has 5 heteroatoms. The molecule has 0 fully saturated rings. The topological polar surface area (TPSA) is 32.3 Å². The predicted octanol–water partition coefficient (Wildman–Crippen LogP) is 3.83. The fourth-order valence-corrected chi connectivity index (χ4v) is 2.61. The van der Waals surface area contributed by atoms with Gasteiger partial charge in [-0.3, -0.25) is 4.79 Å². The smallest absolute Gasteiger partial charge is 0.249 e. The maximum Gasteiger partial charge on any atom is 0.249 e. The molecule has 3 rings (SSSR count). The summed E-state index contributed by atoms with van der Waals surface area (Å²) in [7, 11) is 0. The van der Waals surface area contributed by atoms with Crippen LogP contribution in [0.3, 0.4) is 0 Å². The van der Waals surface area contributed by atoms with Crippen molar-refractivity contribution >= 4 is 28.9 Å². The predicted molar refractivity (Wildman–Crippen MR) is 82.1 cm³/mol. The number of nitrogens with one attached hydrogen (secondary N) is 1. The van der Waals surface area contributed by atoms with Crippen LogP contribution >= 0.6 is 11.6 Å². The lowest BCUT2D eigenvalue weighted by Gasteiger charge is -2.34. The first-order valence-electron chi connectivity index (χ1n) is 6.66. The van der Waals surface area contributed by atoms with Gasteiger partial charge in [-0.1, -0.05) is 23.7 Å². The van der Waals surface area contributed by atoms with Gasteiger partial charge >= 0.3 is 0 Å². The first kappa shape index (κ1) is 13.9. The number of halogens is 2. The molecule has 1 N–H and O–H groups in total. The van der Waals surface area contributed by atoms with Crippen LogP contribution in [0.5, 0.6) is 0 Å². The molecule has 3 nitrogen and oxygen atoms in total. The largest absolute Gasteiger partial charge is 0.372 e. The third-order valence-electron chi connectivity index (χ3n) is 3.51. The number of carbonyl (C=O) groups excluding carboxylic acids is 1. The number of hydrogen-bond acceptors (Lipinski definition) is 2. The molecule has 21 heavy (non-hydrogen) atoms. The lowest BCUT2D eigenvalue weighted by atomic mass is 10.1. The van der Waals surface area contributed by atoms with Gasteiger partial charge in [-0.2, -0.15) is 0 Å². The maximum absolute atomic E-state index is 13.0. The molecular formula is C16H14ClFN2O. The normalized spacial score (nSPS) is 17.4. The summed E-state index contributed by atoms with van der Waals surface area (Å²) in [6, 6.07) is 11.2. The number of amides is 1. The van der Waals surface area contributed by atoms with Gasteiger partial charge in [0.1, 0.15) is 11.9 Å². The lowest BCUT2D eigenvalue weighted by Crippen LogP contribution is -2.45. The second kappa shape index (κ2) is 5.37. The zero-order valence-corrected chi connectivity index (χ0v) is 12.2. The van der Waals surface area contributed by atoms with Crippen molar-refractivity contribution in [1.29, 1.82) is 0 Å². The van der Waals surface area contributed by atoms with Crippen molar-refractivity contribution in [3.8, 4) is 0 Å². The van der Waals surface area contributed by atoms with E-state index in [1.165, 1.54) is 12.1 Å². The van der Waals surface area contributed by atoms with E-state index in [0.29, 0.717) is 11.6 Å². The Kier molecular flexibility index (Phi) is 3.55. The summed E-state index contributed by atoms with van der Waals surface area (Å²) in [5.74, 6) is -0.305. The minimum atomic E-state index is -0.323. The highest BCUT2D eigenvalue weighted by atomic mass is 35.5. The van der Waals surface area contributed by atoms with Gasteiger partial charge < -0.3 is 10.2 Å². The molecule has 0 saturated carbocycles. The molecule has 1 unspecified atom stereocenters. The Hall–Kier alpha value is -2.07. The van der Waals surface area contributed by atoms with Crippen molar-refractivity contribution in [2.75, 3.05) is 10.2 Å². The summed E-state index contributed by atoms with van der Waals surface area (Å²) in [4.78, 5) is 14.1. The minimum Gasteiger partial charge on any atom is -0.372 e. The van der Waals surface area contributed by atoms with Crippen LogP contribution in [0, 0.1) is 5.82 Å². The van der Waals surface area contributed by atoms with E-state index < -0.39 is 0 Å². The van der Waals surface area contributed by atoms with Crippen molar-refractivity contribution in [2.24, 2.45) is 0 Å². The lowest BCUT2D eigenvalue weighted by molar-refractivity contribution is -0.119. The van der Waals surface area contributed by atoms with E-state index in [1.807, 2.05) is 13.0 Å². The van der Waals surface area contributed by atoms with Crippen molar-refractivity contribution in [1.82, 2.24) is 0 Å². The van der Waals surface area contributed by atoms with Gasteiger partial charge in [0.15, 0.2) is 0 Å². The summed E-state index contributed by atoms with van der Waals surface area (Å²) >= 11 is 6.00. The number of benzene rings is 2. The van der Waals surface area contributed by atoms with E-state index in [0.717, 1.165) is 16.9 Å². The van der Waals surface area contributed by atoms with Gasteiger partial charge in [0.2, 0.25) is 5.91 Å². The van der Waals surface area contributed by atoms with Crippen LogP contribution in [-0.2, 0) is 11.3 Å². The first-order chi connectivity index (χ1) is 10.0. The van der Waals surface area contributed by atoms with Gasteiger partial charge in [-0.25, -0.2) is 4.39 Å². The Morgan fingerprint density at radius 2 is 1.95 bits per heavy atom. The molecular weight excluding hydrogens is 291 g/mol. The van der Waals surface area contributed by atoms with Gasteiger partial charge in [0, 0.05) is 5.02 Å². The Bertz CT molecular complexity index is 687. The van der Waals surface area contributed by atoms with E-state index >= 15 is 0 Å². The minimum absolute atomic E-state index is 0.0193. The van der Waals surface area contributed by atoms with E-state index in [4.69, 9.17) is 11.6 Å². The number of anilines is 2. The Morgan fingerprint density at radius 3 is 2.67 bits per heavy atom. The van der Waals surface area contributed by atoms with E-state index in [-0.39, 0.29) is 17.8 Å². The molecule has 1 aliphatic heterocycles. The molecule has 2 aromatic rings. The van der Waals surface area contributed by atoms with E-state index in [9.17, 15) is 9.18 Å². The SMILES string of the molecule is CC1Nc2cc(Cl)ccc2N(Cc2ccc(F)cc2)C1=O. The fraction of sp³-hybridized carbons (Fsp3) is 0.188. The van der Waals surface area contributed by atoms with Crippen LogP contribution in [-0.4, -0.2) is 11.9 Å². The Morgan fingerprint density at radius 1 is 1.24 bits per heavy atom. The summed E-state index contributed by atoms with van der Waals surface area (Å²) in [5.41, 5.74) is 2.49. The molecule has 0 radical (unpaired) electrons. The van der Waals surface area contributed by atoms with Crippen LogP contribution in [0.1, 0.15) is 12.5 Å². The third-order valence-corrected chi connectivity index (χ3v) is 3.75.